The lowest BCUT2D eigenvalue weighted by Gasteiger charge is -2.62. The third-order valence-corrected chi connectivity index (χ3v) is 10.4. The Morgan fingerprint density at radius 3 is 2.45 bits per heavy atom. The minimum absolute atomic E-state index is 0.0959. The van der Waals surface area contributed by atoms with Crippen LogP contribution in [-0.4, -0.2) is 35.5 Å². The first-order chi connectivity index (χ1) is 13.7. The third-order valence-electron chi connectivity index (χ3n) is 10.4. The summed E-state index contributed by atoms with van der Waals surface area (Å²) in [6.07, 6.45) is 9.80. The molecule has 0 amide bonds. The van der Waals surface area contributed by atoms with Gasteiger partial charge >= 0.3 is 5.97 Å². The van der Waals surface area contributed by atoms with Gasteiger partial charge in [-0.2, -0.15) is 0 Å². The van der Waals surface area contributed by atoms with Crippen molar-refractivity contribution >= 4 is 5.97 Å². The molecule has 4 aliphatic carbocycles. The smallest absolute Gasteiger partial charge is 0.305 e. The lowest BCUT2D eigenvalue weighted by Crippen LogP contribution is -2.58. The van der Waals surface area contributed by atoms with Crippen LogP contribution in [0.1, 0.15) is 85.0 Å². The number of rotatable bonds is 4. The minimum atomic E-state index is -0.211. The molecule has 0 bridgehead atoms. The van der Waals surface area contributed by atoms with Crippen LogP contribution in [0.5, 0.6) is 0 Å². The Balaban J connectivity index is 1.53. The predicted molar refractivity (Wildman–Crippen MR) is 113 cm³/mol. The number of aliphatic hydroxyl groups is 2. The zero-order valence-corrected chi connectivity index (χ0v) is 18.9. The Hall–Kier alpha value is -0.610. The van der Waals surface area contributed by atoms with E-state index in [1.165, 1.54) is 32.8 Å². The van der Waals surface area contributed by atoms with Crippen molar-refractivity contribution in [2.75, 3.05) is 7.11 Å². The zero-order chi connectivity index (χ0) is 21.0. The number of carbonyl (C=O) groups excluding carboxylic acids is 1. The fraction of sp³-hybridized carbons (Fsp3) is 0.960. The topological polar surface area (TPSA) is 66.8 Å². The predicted octanol–water partition coefficient (Wildman–Crippen LogP) is 4.57. The van der Waals surface area contributed by atoms with Crippen molar-refractivity contribution in [1.82, 2.24) is 0 Å². The van der Waals surface area contributed by atoms with E-state index in [1.807, 2.05) is 0 Å². The SMILES string of the molecule is COC(=O)CC[C@@H](C)[C@H]1CC[C@H]2[C@@H]3[C@@H](O)CC4C[C@@H](O)CC[C@]4(C)[C@H]3CC[C@]12C. The van der Waals surface area contributed by atoms with Gasteiger partial charge in [0.1, 0.15) is 0 Å². The fourth-order valence-corrected chi connectivity index (χ4v) is 8.82. The molecule has 4 nitrogen and oxygen atoms in total. The quantitative estimate of drug-likeness (QED) is 0.671. The van der Waals surface area contributed by atoms with Crippen LogP contribution < -0.4 is 0 Å². The first-order valence-corrected chi connectivity index (χ1v) is 12.1. The number of ether oxygens (including phenoxy) is 1. The maximum absolute atomic E-state index is 11.6. The molecule has 0 heterocycles. The van der Waals surface area contributed by atoms with Gasteiger partial charge in [-0.1, -0.05) is 20.8 Å². The van der Waals surface area contributed by atoms with E-state index in [-0.39, 0.29) is 23.6 Å². The summed E-state index contributed by atoms with van der Waals surface area (Å²) in [6, 6.07) is 0. The highest BCUT2D eigenvalue weighted by Crippen LogP contribution is 2.68. The van der Waals surface area contributed by atoms with E-state index in [0.717, 1.165) is 32.1 Å². The normalized spacial score (nSPS) is 50.2. The first-order valence-electron chi connectivity index (χ1n) is 12.1. The maximum atomic E-state index is 11.6. The summed E-state index contributed by atoms with van der Waals surface area (Å²) in [6.45, 7) is 7.29. The molecule has 4 fully saturated rings. The molecular weight excluding hydrogens is 364 g/mol. The van der Waals surface area contributed by atoms with Gasteiger partial charge in [0.05, 0.1) is 19.3 Å². The summed E-state index contributed by atoms with van der Waals surface area (Å²) < 4.78 is 4.86. The summed E-state index contributed by atoms with van der Waals surface area (Å²) in [4.78, 5) is 11.6. The van der Waals surface area contributed by atoms with Crippen LogP contribution in [0.3, 0.4) is 0 Å². The number of esters is 1. The zero-order valence-electron chi connectivity index (χ0n) is 18.9. The molecule has 0 aromatic heterocycles. The Labute approximate surface area is 176 Å². The van der Waals surface area contributed by atoms with Gasteiger partial charge in [-0.3, -0.25) is 4.79 Å². The Morgan fingerprint density at radius 2 is 1.72 bits per heavy atom. The molecule has 0 radical (unpaired) electrons. The Morgan fingerprint density at radius 1 is 1.03 bits per heavy atom. The van der Waals surface area contributed by atoms with Gasteiger partial charge in [0.25, 0.3) is 0 Å². The number of aliphatic hydroxyl groups excluding tert-OH is 2. The molecule has 0 aromatic carbocycles. The summed E-state index contributed by atoms with van der Waals surface area (Å²) >= 11 is 0. The summed E-state index contributed by atoms with van der Waals surface area (Å²) in [5.74, 6) is 3.17. The van der Waals surface area contributed by atoms with E-state index in [1.54, 1.807) is 0 Å². The van der Waals surface area contributed by atoms with Crippen LogP contribution in [0.15, 0.2) is 0 Å². The van der Waals surface area contributed by atoms with Gasteiger partial charge in [0, 0.05) is 6.42 Å². The van der Waals surface area contributed by atoms with Crippen LogP contribution >= 0.6 is 0 Å². The first kappa shape index (κ1) is 21.6. The molecule has 0 aromatic rings. The van der Waals surface area contributed by atoms with E-state index in [4.69, 9.17) is 4.74 Å². The number of hydrogen-bond donors (Lipinski definition) is 2. The number of hydrogen-bond acceptors (Lipinski definition) is 4. The Kier molecular flexibility index (Phi) is 5.83. The molecule has 166 valence electrons. The van der Waals surface area contributed by atoms with Gasteiger partial charge in [0.15, 0.2) is 0 Å². The van der Waals surface area contributed by atoms with Crippen molar-refractivity contribution in [2.24, 2.45) is 46.3 Å². The van der Waals surface area contributed by atoms with Crippen LogP contribution in [0, 0.1) is 46.3 Å². The highest BCUT2D eigenvalue weighted by Gasteiger charge is 2.62. The summed E-state index contributed by atoms with van der Waals surface area (Å²) in [5, 5.41) is 21.5. The van der Waals surface area contributed by atoms with Gasteiger partial charge in [0.2, 0.25) is 0 Å². The molecular formula is C25H42O4. The highest BCUT2D eigenvalue weighted by atomic mass is 16.5. The van der Waals surface area contributed by atoms with Crippen LogP contribution in [0.4, 0.5) is 0 Å². The van der Waals surface area contributed by atoms with Gasteiger partial charge in [-0.25, -0.2) is 0 Å². The van der Waals surface area contributed by atoms with E-state index >= 15 is 0 Å². The molecule has 4 rings (SSSR count). The molecule has 4 aliphatic rings. The van der Waals surface area contributed by atoms with Gasteiger partial charge in [-0.05, 0) is 104 Å². The fourth-order valence-electron chi connectivity index (χ4n) is 8.82. The van der Waals surface area contributed by atoms with Crippen LogP contribution in [-0.2, 0) is 9.53 Å². The largest absolute Gasteiger partial charge is 0.469 e. The molecule has 1 unspecified atom stereocenters. The highest BCUT2D eigenvalue weighted by molar-refractivity contribution is 5.69. The van der Waals surface area contributed by atoms with Gasteiger partial charge < -0.3 is 14.9 Å². The van der Waals surface area contributed by atoms with Crippen molar-refractivity contribution in [3.63, 3.8) is 0 Å². The number of methoxy groups -OCH3 is 1. The maximum Gasteiger partial charge on any atom is 0.305 e. The lowest BCUT2D eigenvalue weighted by atomic mass is 9.43. The third kappa shape index (κ3) is 3.46. The molecule has 4 heteroatoms. The molecule has 0 aliphatic heterocycles. The van der Waals surface area contributed by atoms with Crippen LogP contribution in [0.2, 0.25) is 0 Å². The molecule has 0 saturated heterocycles. The average Bonchev–Trinajstić information content (AvgIpc) is 3.04. The minimum Gasteiger partial charge on any atom is -0.469 e. The van der Waals surface area contributed by atoms with Crippen molar-refractivity contribution in [3.05, 3.63) is 0 Å². The second kappa shape index (κ2) is 7.82. The molecule has 29 heavy (non-hydrogen) atoms. The van der Waals surface area contributed by atoms with Gasteiger partial charge in [-0.15, -0.1) is 0 Å². The number of carbonyl (C=O) groups is 1. The standard InChI is InChI=1S/C25H42O4/c1-15(5-8-22(28)29-4)18-6-7-19-23-20(10-12-25(18,19)3)24(2)11-9-17(26)13-16(24)14-21(23)27/h15-21,23,26-27H,5-14H2,1-4H3/t15-,16?,17+,18-,19+,20+,21+,23+,24+,25-/m1/s1. The Bertz CT molecular complexity index is 620. The summed E-state index contributed by atoms with van der Waals surface area (Å²) in [5.41, 5.74) is 0.577. The molecule has 4 saturated carbocycles. The summed E-state index contributed by atoms with van der Waals surface area (Å²) in [7, 11) is 1.48. The number of fused-ring (bicyclic) bond motifs is 5. The monoisotopic (exact) mass is 406 g/mol. The molecule has 2 N–H and O–H groups in total. The van der Waals surface area contributed by atoms with E-state index in [2.05, 4.69) is 20.8 Å². The van der Waals surface area contributed by atoms with E-state index in [9.17, 15) is 15.0 Å². The molecule has 0 spiro atoms. The molecule has 10 atom stereocenters. The van der Waals surface area contributed by atoms with Crippen LogP contribution in [0.25, 0.3) is 0 Å². The van der Waals surface area contributed by atoms with Crippen molar-refractivity contribution in [3.8, 4) is 0 Å². The van der Waals surface area contributed by atoms with Crippen molar-refractivity contribution < 1.29 is 19.7 Å². The van der Waals surface area contributed by atoms with Crippen molar-refractivity contribution in [2.45, 2.75) is 97.2 Å². The van der Waals surface area contributed by atoms with E-state index in [0.29, 0.717) is 47.3 Å². The second-order valence-electron chi connectivity index (χ2n) is 11.5. The lowest BCUT2D eigenvalue weighted by molar-refractivity contribution is -0.174. The average molecular weight is 407 g/mol. The van der Waals surface area contributed by atoms with E-state index < -0.39 is 0 Å². The van der Waals surface area contributed by atoms with Crippen molar-refractivity contribution in [1.29, 1.82) is 0 Å². The second-order valence-corrected chi connectivity index (χ2v) is 11.5.